The van der Waals surface area contributed by atoms with Gasteiger partial charge in [-0.25, -0.2) is 9.97 Å². The summed E-state index contributed by atoms with van der Waals surface area (Å²) in [6, 6.07) is 5.94. The molecular weight excluding hydrogens is 326 g/mol. The van der Waals surface area contributed by atoms with Crippen LogP contribution in [0.15, 0.2) is 24.4 Å². The predicted octanol–water partition coefficient (Wildman–Crippen LogP) is 3.21. The third kappa shape index (κ3) is 4.36. The van der Waals surface area contributed by atoms with Crippen LogP contribution in [0, 0.1) is 19.3 Å². The first-order valence-corrected chi connectivity index (χ1v) is 9.03. The molecule has 2 aromatic rings. The zero-order valence-electron chi connectivity index (χ0n) is 16.2. The van der Waals surface area contributed by atoms with Crippen LogP contribution in [0.3, 0.4) is 0 Å². The van der Waals surface area contributed by atoms with Gasteiger partial charge >= 0.3 is 0 Å². The summed E-state index contributed by atoms with van der Waals surface area (Å²) in [7, 11) is 0. The Labute approximate surface area is 155 Å². The fourth-order valence-corrected chi connectivity index (χ4v) is 3.31. The molecule has 0 spiro atoms. The van der Waals surface area contributed by atoms with Crippen LogP contribution in [0.25, 0.3) is 11.3 Å². The molecule has 3 heterocycles. The van der Waals surface area contributed by atoms with Crippen molar-refractivity contribution in [1.29, 1.82) is 0 Å². The van der Waals surface area contributed by atoms with Crippen molar-refractivity contribution in [2.75, 3.05) is 18.4 Å². The van der Waals surface area contributed by atoms with Gasteiger partial charge in [-0.15, -0.1) is 0 Å². The number of anilines is 1. The number of amides is 1. The lowest BCUT2D eigenvalue weighted by atomic mass is 9.96. The van der Waals surface area contributed by atoms with Crippen LogP contribution in [0.2, 0.25) is 0 Å². The predicted molar refractivity (Wildman–Crippen MR) is 103 cm³/mol. The number of hydrogen-bond donors (Lipinski definition) is 1. The van der Waals surface area contributed by atoms with Crippen LogP contribution in [0.4, 0.5) is 5.95 Å². The minimum atomic E-state index is 0.0392. The van der Waals surface area contributed by atoms with E-state index in [1.807, 2.05) is 36.9 Å². The van der Waals surface area contributed by atoms with Gasteiger partial charge in [0.2, 0.25) is 11.9 Å². The average Bonchev–Trinajstić information content (AvgIpc) is 2.85. The maximum absolute atomic E-state index is 12.3. The minimum Gasteiger partial charge on any atom is -0.349 e. The molecule has 1 aliphatic rings. The highest BCUT2D eigenvalue weighted by Crippen LogP contribution is 2.23. The van der Waals surface area contributed by atoms with Crippen molar-refractivity contribution in [2.24, 2.45) is 5.41 Å². The Morgan fingerprint density at radius 1 is 1.19 bits per heavy atom. The molecule has 0 radical (unpaired) electrons. The van der Waals surface area contributed by atoms with Crippen molar-refractivity contribution < 1.29 is 4.79 Å². The quantitative estimate of drug-likeness (QED) is 0.914. The van der Waals surface area contributed by atoms with Gasteiger partial charge in [0.15, 0.2) is 0 Å². The van der Waals surface area contributed by atoms with Crippen LogP contribution in [0.5, 0.6) is 0 Å². The van der Waals surface area contributed by atoms with E-state index in [0.29, 0.717) is 18.9 Å². The smallest absolute Gasteiger partial charge is 0.224 e. The van der Waals surface area contributed by atoms with Gasteiger partial charge in [0, 0.05) is 42.7 Å². The summed E-state index contributed by atoms with van der Waals surface area (Å²) in [5.74, 6) is 0.741. The number of aryl methyl sites for hydroxylation is 2. The number of pyridine rings is 1. The Hall–Kier alpha value is -2.50. The van der Waals surface area contributed by atoms with E-state index >= 15 is 0 Å². The van der Waals surface area contributed by atoms with Crippen LogP contribution < -0.4 is 5.32 Å². The topological polar surface area (TPSA) is 71.0 Å². The highest BCUT2D eigenvalue weighted by atomic mass is 16.2. The van der Waals surface area contributed by atoms with Crippen LogP contribution in [0.1, 0.15) is 38.6 Å². The fraction of sp³-hybridized carbons (Fsp3) is 0.500. The molecule has 1 fully saturated rings. The molecule has 2 aromatic heterocycles. The Balaban J connectivity index is 1.73. The average molecular weight is 353 g/mol. The molecule has 0 unspecified atom stereocenters. The molecule has 1 atom stereocenters. The molecule has 0 saturated carbocycles. The lowest BCUT2D eigenvalue weighted by molar-refractivity contribution is -0.128. The van der Waals surface area contributed by atoms with Crippen molar-refractivity contribution in [2.45, 2.75) is 47.1 Å². The number of nitrogens with one attached hydrogen (secondary N) is 1. The van der Waals surface area contributed by atoms with Crippen molar-refractivity contribution in [1.82, 2.24) is 19.9 Å². The molecule has 26 heavy (non-hydrogen) atoms. The first kappa shape index (κ1) is 18.3. The third-order valence-electron chi connectivity index (χ3n) is 4.37. The van der Waals surface area contributed by atoms with Gasteiger partial charge in [-0.3, -0.25) is 9.78 Å². The van der Waals surface area contributed by atoms with E-state index in [-0.39, 0.29) is 17.4 Å². The Bertz CT molecular complexity index is 812. The number of carbonyl (C=O) groups is 1. The molecule has 6 nitrogen and oxygen atoms in total. The van der Waals surface area contributed by atoms with Gasteiger partial charge in [-0.2, -0.15) is 0 Å². The monoisotopic (exact) mass is 353 g/mol. The first-order valence-electron chi connectivity index (χ1n) is 9.03. The number of carbonyl (C=O) groups excluding carboxylic acids is 1. The van der Waals surface area contributed by atoms with Gasteiger partial charge in [-0.05, 0) is 37.5 Å². The molecular formula is C20H27N5O. The Morgan fingerprint density at radius 2 is 1.96 bits per heavy atom. The zero-order valence-corrected chi connectivity index (χ0v) is 16.2. The summed E-state index contributed by atoms with van der Waals surface area (Å²) in [4.78, 5) is 27.6. The van der Waals surface area contributed by atoms with E-state index in [1.54, 1.807) is 6.20 Å². The standard InChI is InChI=1S/C20H27N5O/c1-13-6-7-16(14(2)22-13)17-8-9-21-19(24-17)23-15-10-18(26)25(11-15)12-20(3,4)5/h6-9,15H,10-12H2,1-5H3,(H,21,23,24)/t15-/m0/s1. The van der Waals surface area contributed by atoms with E-state index in [9.17, 15) is 4.79 Å². The Kier molecular flexibility index (Phi) is 4.94. The normalized spacial score (nSPS) is 17.7. The second-order valence-corrected chi connectivity index (χ2v) is 8.23. The summed E-state index contributed by atoms with van der Waals surface area (Å²) in [5.41, 5.74) is 3.86. The second kappa shape index (κ2) is 7.02. The van der Waals surface area contributed by atoms with Crippen LogP contribution >= 0.6 is 0 Å². The van der Waals surface area contributed by atoms with Crippen molar-refractivity contribution in [3.63, 3.8) is 0 Å². The van der Waals surface area contributed by atoms with Crippen LogP contribution in [-0.2, 0) is 4.79 Å². The summed E-state index contributed by atoms with van der Waals surface area (Å²) in [6.45, 7) is 11.8. The maximum atomic E-state index is 12.3. The molecule has 3 rings (SSSR count). The van der Waals surface area contributed by atoms with E-state index in [0.717, 1.165) is 29.2 Å². The molecule has 0 bridgehead atoms. The highest BCUT2D eigenvalue weighted by molar-refractivity contribution is 5.80. The van der Waals surface area contributed by atoms with E-state index in [2.05, 4.69) is 41.0 Å². The lowest BCUT2D eigenvalue weighted by Gasteiger charge is -2.26. The van der Waals surface area contributed by atoms with E-state index in [4.69, 9.17) is 0 Å². The van der Waals surface area contributed by atoms with E-state index < -0.39 is 0 Å². The molecule has 6 heteroatoms. The molecule has 1 N–H and O–H groups in total. The van der Waals surface area contributed by atoms with Gasteiger partial charge in [-0.1, -0.05) is 20.8 Å². The molecule has 0 aliphatic carbocycles. The minimum absolute atomic E-state index is 0.0392. The zero-order chi connectivity index (χ0) is 18.9. The van der Waals surface area contributed by atoms with Gasteiger partial charge in [0.05, 0.1) is 11.7 Å². The summed E-state index contributed by atoms with van der Waals surface area (Å²) >= 11 is 0. The molecule has 1 aliphatic heterocycles. The number of aromatic nitrogens is 3. The Morgan fingerprint density at radius 3 is 2.65 bits per heavy atom. The molecule has 0 aromatic carbocycles. The van der Waals surface area contributed by atoms with E-state index in [1.165, 1.54) is 0 Å². The first-order chi connectivity index (χ1) is 12.2. The number of likely N-dealkylation sites (tertiary alicyclic amines) is 1. The number of nitrogens with zero attached hydrogens (tertiary/aromatic N) is 4. The molecule has 1 saturated heterocycles. The lowest BCUT2D eigenvalue weighted by Crippen LogP contribution is -2.35. The largest absolute Gasteiger partial charge is 0.349 e. The number of rotatable bonds is 4. The second-order valence-electron chi connectivity index (χ2n) is 8.23. The van der Waals surface area contributed by atoms with Crippen molar-refractivity contribution in [3.8, 4) is 11.3 Å². The van der Waals surface area contributed by atoms with Crippen molar-refractivity contribution in [3.05, 3.63) is 35.8 Å². The summed E-state index contributed by atoms with van der Waals surface area (Å²) in [6.07, 6.45) is 2.22. The van der Waals surface area contributed by atoms with Gasteiger partial charge < -0.3 is 10.2 Å². The fourth-order valence-electron chi connectivity index (χ4n) is 3.31. The number of hydrogen-bond acceptors (Lipinski definition) is 5. The van der Waals surface area contributed by atoms with Gasteiger partial charge in [0.1, 0.15) is 0 Å². The maximum Gasteiger partial charge on any atom is 0.224 e. The van der Waals surface area contributed by atoms with Crippen molar-refractivity contribution >= 4 is 11.9 Å². The highest BCUT2D eigenvalue weighted by Gasteiger charge is 2.32. The van der Waals surface area contributed by atoms with Crippen LogP contribution in [-0.4, -0.2) is 44.9 Å². The summed E-state index contributed by atoms with van der Waals surface area (Å²) in [5, 5.41) is 3.32. The molecule has 138 valence electrons. The SMILES string of the molecule is Cc1ccc(-c2ccnc(N[C@H]3CC(=O)N(CC(C)(C)C)C3)n2)c(C)n1. The summed E-state index contributed by atoms with van der Waals surface area (Å²) < 4.78 is 0. The molecule has 1 amide bonds. The third-order valence-corrected chi connectivity index (χ3v) is 4.37. The van der Waals surface area contributed by atoms with Gasteiger partial charge in [0.25, 0.3) is 0 Å².